The number of urea groups is 1. The Bertz CT molecular complexity index is 1050. The van der Waals surface area contributed by atoms with E-state index < -0.39 is 0 Å². The number of anilines is 1. The van der Waals surface area contributed by atoms with E-state index in [0.717, 1.165) is 24.4 Å². The molecule has 0 aliphatic rings. The zero-order valence-corrected chi connectivity index (χ0v) is 21.0. The van der Waals surface area contributed by atoms with Crippen LogP contribution in [0.25, 0.3) is 0 Å². The minimum absolute atomic E-state index is 0.0843. The van der Waals surface area contributed by atoms with E-state index >= 15 is 0 Å². The average molecular weight is 479 g/mol. The standard InChI is InChI=1S/C27H34N4O2S/c1-4-20-12-14-21(15-13-20)25(31(5-2)6-3)19-29-27(33)30-23-10-7-9-22(17-23)26(32)28-18-24-11-8-16-34-24/h7-17,25H,4-6,18-19H2,1-3H3,(H,28,32)(H2,29,30,33). The van der Waals surface area contributed by atoms with Crippen LogP contribution in [0.1, 0.15) is 53.2 Å². The molecule has 3 rings (SSSR count). The summed E-state index contributed by atoms with van der Waals surface area (Å²) < 4.78 is 0. The fourth-order valence-electron chi connectivity index (χ4n) is 3.88. The molecule has 0 radical (unpaired) electrons. The highest BCUT2D eigenvalue weighted by molar-refractivity contribution is 7.09. The fourth-order valence-corrected chi connectivity index (χ4v) is 4.53. The van der Waals surface area contributed by atoms with Gasteiger partial charge < -0.3 is 16.0 Å². The van der Waals surface area contributed by atoms with E-state index in [-0.39, 0.29) is 18.0 Å². The van der Waals surface area contributed by atoms with E-state index in [9.17, 15) is 9.59 Å². The molecule has 0 spiro atoms. The van der Waals surface area contributed by atoms with Crippen LogP contribution in [0.5, 0.6) is 0 Å². The third-order valence-corrected chi connectivity index (χ3v) is 6.74. The minimum Gasteiger partial charge on any atom is -0.347 e. The number of rotatable bonds is 11. The summed E-state index contributed by atoms with van der Waals surface area (Å²) in [7, 11) is 0. The lowest BCUT2D eigenvalue weighted by Gasteiger charge is -2.30. The van der Waals surface area contributed by atoms with Crippen molar-refractivity contribution in [3.63, 3.8) is 0 Å². The molecule has 1 heterocycles. The Hall–Kier alpha value is -3.16. The Morgan fingerprint density at radius 3 is 2.35 bits per heavy atom. The Labute approximate surface area is 206 Å². The molecule has 3 aromatic rings. The van der Waals surface area contributed by atoms with E-state index in [1.54, 1.807) is 35.6 Å². The van der Waals surface area contributed by atoms with Gasteiger partial charge in [0.1, 0.15) is 0 Å². The molecule has 34 heavy (non-hydrogen) atoms. The second kappa shape index (κ2) is 12.9. The predicted molar refractivity (Wildman–Crippen MR) is 140 cm³/mol. The number of hydrogen-bond acceptors (Lipinski definition) is 4. The zero-order valence-electron chi connectivity index (χ0n) is 20.1. The number of hydrogen-bond donors (Lipinski definition) is 3. The highest BCUT2D eigenvalue weighted by Crippen LogP contribution is 2.21. The number of likely N-dealkylation sites (N-methyl/N-ethyl adjacent to an activating group) is 1. The predicted octanol–water partition coefficient (Wildman–Crippen LogP) is 5.45. The third kappa shape index (κ3) is 7.17. The first-order valence-corrected chi connectivity index (χ1v) is 12.7. The molecule has 0 saturated carbocycles. The van der Waals surface area contributed by atoms with Crippen molar-refractivity contribution in [1.29, 1.82) is 0 Å². The lowest BCUT2D eigenvalue weighted by atomic mass is 10.0. The van der Waals surface area contributed by atoms with Gasteiger partial charge >= 0.3 is 6.03 Å². The first-order valence-electron chi connectivity index (χ1n) is 11.8. The molecule has 1 unspecified atom stereocenters. The van der Waals surface area contributed by atoms with E-state index in [4.69, 9.17) is 0 Å². The molecule has 2 aromatic carbocycles. The van der Waals surface area contributed by atoms with E-state index in [1.807, 2.05) is 17.5 Å². The van der Waals surface area contributed by atoms with Gasteiger partial charge in [0.15, 0.2) is 0 Å². The number of nitrogens with zero attached hydrogens (tertiary/aromatic N) is 1. The van der Waals surface area contributed by atoms with Crippen molar-refractivity contribution in [3.8, 4) is 0 Å². The number of amides is 3. The maximum Gasteiger partial charge on any atom is 0.319 e. The van der Waals surface area contributed by atoms with Crippen LogP contribution >= 0.6 is 11.3 Å². The quantitative estimate of drug-likeness (QED) is 0.343. The molecule has 180 valence electrons. The summed E-state index contributed by atoms with van der Waals surface area (Å²) in [6.07, 6.45) is 1.00. The molecule has 0 aliphatic heterocycles. The average Bonchev–Trinajstić information content (AvgIpc) is 3.39. The Morgan fingerprint density at radius 1 is 0.941 bits per heavy atom. The van der Waals surface area contributed by atoms with Gasteiger partial charge in [-0.3, -0.25) is 9.69 Å². The summed E-state index contributed by atoms with van der Waals surface area (Å²) in [5, 5.41) is 10.8. The van der Waals surface area contributed by atoms with Crippen LogP contribution in [0.2, 0.25) is 0 Å². The van der Waals surface area contributed by atoms with Gasteiger partial charge in [-0.15, -0.1) is 11.3 Å². The van der Waals surface area contributed by atoms with Crippen molar-refractivity contribution in [2.45, 2.75) is 39.8 Å². The van der Waals surface area contributed by atoms with Crippen LogP contribution in [-0.2, 0) is 13.0 Å². The van der Waals surface area contributed by atoms with Gasteiger partial charge in [0.05, 0.1) is 12.6 Å². The molecule has 7 heteroatoms. The summed E-state index contributed by atoms with van der Waals surface area (Å²) in [5.41, 5.74) is 3.57. The van der Waals surface area contributed by atoms with Crippen LogP contribution in [0.15, 0.2) is 66.0 Å². The lowest BCUT2D eigenvalue weighted by molar-refractivity contribution is 0.0951. The van der Waals surface area contributed by atoms with Crippen LogP contribution < -0.4 is 16.0 Å². The van der Waals surface area contributed by atoms with Gasteiger partial charge in [0, 0.05) is 22.7 Å². The Morgan fingerprint density at radius 2 is 1.71 bits per heavy atom. The van der Waals surface area contributed by atoms with E-state index in [2.05, 4.69) is 65.9 Å². The summed E-state index contributed by atoms with van der Waals surface area (Å²) in [6, 6.07) is 19.3. The summed E-state index contributed by atoms with van der Waals surface area (Å²) in [5.74, 6) is -0.172. The largest absolute Gasteiger partial charge is 0.347 e. The van der Waals surface area contributed by atoms with Crippen molar-refractivity contribution in [2.75, 3.05) is 25.0 Å². The molecule has 0 aliphatic carbocycles. The topological polar surface area (TPSA) is 73.5 Å². The smallest absolute Gasteiger partial charge is 0.319 e. The molecular formula is C27H34N4O2S. The fraction of sp³-hybridized carbons (Fsp3) is 0.333. The van der Waals surface area contributed by atoms with Crippen LogP contribution in [0.3, 0.4) is 0 Å². The van der Waals surface area contributed by atoms with E-state index in [0.29, 0.717) is 24.3 Å². The van der Waals surface area contributed by atoms with Crippen molar-refractivity contribution in [3.05, 3.63) is 87.6 Å². The van der Waals surface area contributed by atoms with Crippen LogP contribution in [-0.4, -0.2) is 36.5 Å². The zero-order chi connectivity index (χ0) is 24.3. The molecule has 1 atom stereocenters. The van der Waals surface area contributed by atoms with Crippen LogP contribution in [0.4, 0.5) is 10.5 Å². The maximum absolute atomic E-state index is 12.7. The lowest BCUT2D eigenvalue weighted by Crippen LogP contribution is -2.39. The molecule has 3 N–H and O–H groups in total. The first-order chi connectivity index (χ1) is 16.5. The Kier molecular flexibility index (Phi) is 9.67. The highest BCUT2D eigenvalue weighted by atomic mass is 32.1. The number of aryl methyl sites for hydroxylation is 1. The maximum atomic E-state index is 12.7. The van der Waals surface area contributed by atoms with Gasteiger partial charge in [0.2, 0.25) is 0 Å². The van der Waals surface area contributed by atoms with Gasteiger partial charge in [-0.25, -0.2) is 4.79 Å². The molecule has 0 bridgehead atoms. The van der Waals surface area contributed by atoms with Crippen molar-refractivity contribution in [1.82, 2.24) is 15.5 Å². The van der Waals surface area contributed by atoms with Gasteiger partial charge in [-0.2, -0.15) is 0 Å². The monoisotopic (exact) mass is 478 g/mol. The summed E-state index contributed by atoms with van der Waals surface area (Å²) in [6.45, 7) is 9.16. The minimum atomic E-state index is -0.293. The van der Waals surface area contributed by atoms with Gasteiger partial charge in [0.25, 0.3) is 5.91 Å². The Balaban J connectivity index is 1.59. The molecule has 0 fully saturated rings. The number of nitrogens with one attached hydrogen (secondary N) is 3. The van der Waals surface area contributed by atoms with Gasteiger partial charge in [-0.1, -0.05) is 57.2 Å². The van der Waals surface area contributed by atoms with Crippen molar-refractivity contribution >= 4 is 29.0 Å². The second-order valence-corrected chi connectivity index (χ2v) is 9.04. The van der Waals surface area contributed by atoms with E-state index in [1.165, 1.54) is 11.1 Å². The summed E-state index contributed by atoms with van der Waals surface area (Å²) >= 11 is 1.60. The van der Waals surface area contributed by atoms with Crippen molar-refractivity contribution < 1.29 is 9.59 Å². The first kappa shape index (κ1) is 25.5. The number of carbonyl (C=O) groups excluding carboxylic acids is 2. The van der Waals surface area contributed by atoms with Crippen LogP contribution in [0, 0.1) is 0 Å². The highest BCUT2D eigenvalue weighted by Gasteiger charge is 2.19. The second-order valence-electron chi connectivity index (χ2n) is 8.01. The third-order valence-electron chi connectivity index (χ3n) is 5.87. The van der Waals surface area contributed by atoms with Crippen molar-refractivity contribution in [2.24, 2.45) is 0 Å². The molecule has 0 saturated heterocycles. The molecule has 1 aromatic heterocycles. The normalized spacial score (nSPS) is 11.8. The molecule has 6 nitrogen and oxygen atoms in total. The summed E-state index contributed by atoms with van der Waals surface area (Å²) in [4.78, 5) is 28.6. The molecule has 3 amide bonds. The number of thiophene rings is 1. The number of benzene rings is 2. The SMILES string of the molecule is CCc1ccc(C(CNC(=O)Nc2cccc(C(=O)NCc3cccs3)c2)N(CC)CC)cc1. The number of carbonyl (C=O) groups is 2. The molecular weight excluding hydrogens is 444 g/mol. The van der Waals surface area contributed by atoms with Gasteiger partial charge in [-0.05, 0) is 60.3 Å².